The highest BCUT2D eigenvalue weighted by Crippen LogP contribution is 2.16. The molecule has 0 bridgehead atoms. The molecule has 0 radical (unpaired) electrons. The normalized spacial score (nSPS) is 10.2. The Morgan fingerprint density at radius 2 is 2.43 bits per heavy atom. The van der Waals surface area contributed by atoms with Crippen LogP contribution in [0.4, 0.5) is 5.82 Å². The molecule has 14 heavy (non-hydrogen) atoms. The first-order valence-corrected chi connectivity index (χ1v) is 4.69. The van der Waals surface area contributed by atoms with Gasteiger partial charge in [0.1, 0.15) is 5.02 Å². The van der Waals surface area contributed by atoms with Crippen LogP contribution in [0.5, 0.6) is 0 Å². The molecular weight excluding hydrogens is 204 g/mol. The minimum absolute atomic E-state index is 0.118. The highest BCUT2D eigenvalue weighted by atomic mass is 35.5. The van der Waals surface area contributed by atoms with E-state index < -0.39 is 0 Å². The molecule has 3 N–H and O–H groups in total. The van der Waals surface area contributed by atoms with E-state index in [1.54, 1.807) is 0 Å². The van der Waals surface area contributed by atoms with Crippen molar-refractivity contribution in [2.75, 3.05) is 25.0 Å². The van der Waals surface area contributed by atoms with Gasteiger partial charge in [0.15, 0.2) is 5.82 Å². The van der Waals surface area contributed by atoms with Gasteiger partial charge in [-0.2, -0.15) is 0 Å². The van der Waals surface area contributed by atoms with Crippen molar-refractivity contribution in [2.24, 2.45) is 5.73 Å². The second-order valence-electron chi connectivity index (χ2n) is 2.93. The van der Waals surface area contributed by atoms with Crippen molar-refractivity contribution in [3.63, 3.8) is 0 Å². The average molecular weight is 217 g/mol. The number of halogens is 1. The zero-order valence-electron chi connectivity index (χ0n) is 7.96. The largest absolute Gasteiger partial charge is 0.358 e. The molecule has 0 aliphatic rings. The van der Waals surface area contributed by atoms with E-state index in [-0.39, 0.29) is 10.6 Å². The van der Waals surface area contributed by atoms with Gasteiger partial charge >= 0.3 is 0 Å². The maximum absolute atomic E-state index is 11.1. The van der Waals surface area contributed by atoms with E-state index in [2.05, 4.69) is 9.97 Å². The minimum atomic E-state index is -0.323. The van der Waals surface area contributed by atoms with Gasteiger partial charge in [-0.1, -0.05) is 11.6 Å². The molecule has 6 heteroatoms. The molecular formula is C8H13ClN4O. The maximum Gasteiger partial charge on any atom is 0.271 e. The number of nitrogens with zero attached hydrogens (tertiary/aromatic N) is 2. The van der Waals surface area contributed by atoms with Crippen molar-refractivity contribution in [3.8, 4) is 0 Å². The van der Waals surface area contributed by atoms with E-state index in [4.69, 9.17) is 17.3 Å². The quantitative estimate of drug-likeness (QED) is 0.755. The highest BCUT2D eigenvalue weighted by Gasteiger charge is 2.09. The van der Waals surface area contributed by atoms with E-state index in [1.165, 1.54) is 6.33 Å². The number of aromatic nitrogens is 2. The molecule has 0 saturated carbocycles. The fourth-order valence-corrected chi connectivity index (χ4v) is 1.32. The molecule has 1 aromatic heterocycles. The zero-order chi connectivity index (χ0) is 10.6. The topological polar surface area (TPSA) is 75.0 Å². The monoisotopic (exact) mass is 216 g/mol. The molecule has 0 aliphatic heterocycles. The minimum Gasteiger partial charge on any atom is -0.358 e. The third-order valence-corrected chi connectivity index (χ3v) is 2.18. The molecule has 0 aromatic carbocycles. The third kappa shape index (κ3) is 2.46. The molecule has 0 aliphatic carbocycles. The Labute approximate surface area is 86.9 Å². The van der Waals surface area contributed by atoms with Crippen molar-refractivity contribution in [2.45, 2.75) is 6.42 Å². The molecule has 0 amide bonds. The Morgan fingerprint density at radius 1 is 1.71 bits per heavy atom. The second kappa shape index (κ2) is 4.97. The van der Waals surface area contributed by atoms with Gasteiger partial charge in [-0.05, 0) is 13.0 Å². The van der Waals surface area contributed by atoms with Crippen LogP contribution in [0.1, 0.15) is 6.42 Å². The number of rotatable bonds is 4. The molecule has 0 saturated heterocycles. The first kappa shape index (κ1) is 11.0. The molecule has 0 unspecified atom stereocenters. The van der Waals surface area contributed by atoms with Crippen molar-refractivity contribution in [1.29, 1.82) is 0 Å². The van der Waals surface area contributed by atoms with E-state index in [9.17, 15) is 4.79 Å². The molecule has 78 valence electrons. The summed E-state index contributed by atoms with van der Waals surface area (Å²) in [4.78, 5) is 19.3. The lowest BCUT2D eigenvalue weighted by Crippen LogP contribution is -2.24. The molecule has 0 spiro atoms. The average Bonchev–Trinajstić information content (AvgIpc) is 2.18. The Balaban J connectivity index is 2.84. The lowest BCUT2D eigenvalue weighted by molar-refractivity contribution is 0.784. The van der Waals surface area contributed by atoms with Crippen LogP contribution in [0.25, 0.3) is 0 Å². The van der Waals surface area contributed by atoms with Crippen molar-refractivity contribution < 1.29 is 0 Å². The van der Waals surface area contributed by atoms with Gasteiger partial charge in [0.2, 0.25) is 0 Å². The zero-order valence-corrected chi connectivity index (χ0v) is 8.71. The number of anilines is 1. The fraction of sp³-hybridized carbons (Fsp3) is 0.500. The number of nitrogens with two attached hydrogens (primary N) is 1. The summed E-state index contributed by atoms with van der Waals surface area (Å²) in [6.45, 7) is 1.33. The smallest absolute Gasteiger partial charge is 0.271 e. The standard InChI is InChI=1S/C8H13ClN4O/c1-13(4-2-3-10)7-6(9)8(14)12-5-11-7/h5H,2-4,10H2,1H3,(H,11,12,14). The Morgan fingerprint density at radius 3 is 3.07 bits per heavy atom. The van der Waals surface area contributed by atoms with Crippen LogP contribution >= 0.6 is 11.6 Å². The first-order valence-electron chi connectivity index (χ1n) is 4.31. The van der Waals surface area contributed by atoms with Crippen LogP contribution in [0, 0.1) is 0 Å². The van der Waals surface area contributed by atoms with E-state index in [0.29, 0.717) is 12.4 Å². The molecule has 5 nitrogen and oxygen atoms in total. The Kier molecular flexibility index (Phi) is 3.91. The summed E-state index contributed by atoms with van der Waals surface area (Å²) < 4.78 is 0. The van der Waals surface area contributed by atoms with Crippen LogP contribution in [0.15, 0.2) is 11.1 Å². The summed E-state index contributed by atoms with van der Waals surface area (Å²) in [5.41, 5.74) is 5.05. The number of nitrogens with one attached hydrogen (secondary N) is 1. The molecule has 0 atom stereocenters. The van der Waals surface area contributed by atoms with Crippen LogP contribution in [-0.2, 0) is 0 Å². The Hall–Kier alpha value is -1.07. The fourth-order valence-electron chi connectivity index (χ4n) is 1.07. The predicted octanol–water partition coefficient (Wildman–Crippen LogP) is 0.208. The summed E-state index contributed by atoms with van der Waals surface area (Å²) in [6.07, 6.45) is 2.17. The second-order valence-corrected chi connectivity index (χ2v) is 3.31. The number of hydrogen-bond donors (Lipinski definition) is 2. The van der Waals surface area contributed by atoms with Gasteiger partial charge in [-0.25, -0.2) is 4.98 Å². The molecule has 0 fully saturated rings. The van der Waals surface area contributed by atoms with Gasteiger partial charge in [-0.3, -0.25) is 4.79 Å². The van der Waals surface area contributed by atoms with Crippen LogP contribution in [-0.4, -0.2) is 30.1 Å². The van der Waals surface area contributed by atoms with Crippen molar-refractivity contribution >= 4 is 17.4 Å². The van der Waals surface area contributed by atoms with Gasteiger partial charge in [0.05, 0.1) is 6.33 Å². The van der Waals surface area contributed by atoms with Crippen molar-refractivity contribution in [1.82, 2.24) is 9.97 Å². The van der Waals surface area contributed by atoms with E-state index in [0.717, 1.165) is 13.0 Å². The molecule has 1 rings (SSSR count). The van der Waals surface area contributed by atoms with Crippen LogP contribution < -0.4 is 16.2 Å². The third-order valence-electron chi connectivity index (χ3n) is 1.84. The van der Waals surface area contributed by atoms with Crippen molar-refractivity contribution in [3.05, 3.63) is 21.7 Å². The SMILES string of the molecule is CN(CCCN)c1nc[nH]c(=O)c1Cl. The number of H-pyrrole nitrogens is 1. The number of aromatic amines is 1. The first-order chi connectivity index (χ1) is 6.66. The van der Waals surface area contributed by atoms with Gasteiger partial charge in [-0.15, -0.1) is 0 Å². The molecule has 1 heterocycles. The number of hydrogen-bond acceptors (Lipinski definition) is 4. The lowest BCUT2D eigenvalue weighted by atomic mass is 10.4. The summed E-state index contributed by atoms with van der Waals surface area (Å²) in [7, 11) is 1.82. The van der Waals surface area contributed by atoms with Gasteiger partial charge < -0.3 is 15.6 Å². The van der Waals surface area contributed by atoms with Gasteiger partial charge in [0.25, 0.3) is 5.56 Å². The van der Waals surface area contributed by atoms with E-state index >= 15 is 0 Å². The van der Waals surface area contributed by atoms with Crippen LogP contribution in [0.2, 0.25) is 5.02 Å². The Bertz CT molecular complexity index is 351. The summed E-state index contributed by atoms with van der Waals surface area (Å²) in [5.74, 6) is 0.490. The summed E-state index contributed by atoms with van der Waals surface area (Å²) >= 11 is 5.79. The maximum atomic E-state index is 11.1. The van der Waals surface area contributed by atoms with Crippen LogP contribution in [0.3, 0.4) is 0 Å². The summed E-state index contributed by atoms with van der Waals surface area (Å²) in [5, 5.41) is 0.118. The van der Waals surface area contributed by atoms with Gasteiger partial charge in [0, 0.05) is 13.6 Å². The summed E-state index contributed by atoms with van der Waals surface area (Å²) in [6, 6.07) is 0. The lowest BCUT2D eigenvalue weighted by Gasteiger charge is -2.17. The highest BCUT2D eigenvalue weighted by molar-refractivity contribution is 6.32. The molecule has 1 aromatic rings. The van der Waals surface area contributed by atoms with E-state index in [1.807, 2.05) is 11.9 Å². The predicted molar refractivity (Wildman–Crippen MR) is 56.8 cm³/mol.